The predicted octanol–water partition coefficient (Wildman–Crippen LogP) is 3.72. The van der Waals surface area contributed by atoms with Crippen LogP contribution in [0.3, 0.4) is 0 Å². The van der Waals surface area contributed by atoms with Gasteiger partial charge >= 0.3 is 5.97 Å². The molecule has 0 radical (unpaired) electrons. The van der Waals surface area contributed by atoms with Gasteiger partial charge in [0.05, 0.1) is 6.61 Å². The lowest BCUT2D eigenvalue weighted by Crippen LogP contribution is -2.08. The third-order valence-corrected chi connectivity index (χ3v) is 2.67. The molecule has 0 spiro atoms. The molecule has 3 nitrogen and oxygen atoms in total. The number of esters is 1. The summed E-state index contributed by atoms with van der Waals surface area (Å²) in [6.45, 7) is 7.76. The van der Waals surface area contributed by atoms with Crippen molar-refractivity contribution < 1.29 is 14.3 Å². The number of rotatable bonds is 4. The van der Waals surface area contributed by atoms with Crippen LogP contribution in [0.25, 0.3) is 10.8 Å². The van der Waals surface area contributed by atoms with Crippen molar-refractivity contribution in [3.05, 3.63) is 48.6 Å². The number of benzene rings is 2. The first-order chi connectivity index (χ1) is 9.11. The van der Waals surface area contributed by atoms with Gasteiger partial charge in [-0.25, -0.2) is 4.79 Å². The van der Waals surface area contributed by atoms with Gasteiger partial charge in [0, 0.05) is 11.0 Å². The molecule has 0 aromatic heterocycles. The van der Waals surface area contributed by atoms with Crippen LogP contribution in [-0.4, -0.2) is 12.6 Å². The second-order valence-corrected chi connectivity index (χ2v) is 4.24. The standard InChI is InChI=1S/C16H16O3/c1-4-18-13-8-9-14-12(10-13)6-5-7-15(14)19-16(17)11(2)3/h5-10H,2,4H2,1,3H3. The Morgan fingerprint density at radius 2 is 2.05 bits per heavy atom. The number of ether oxygens (including phenoxy) is 2. The summed E-state index contributed by atoms with van der Waals surface area (Å²) in [4.78, 5) is 11.6. The fourth-order valence-electron chi connectivity index (χ4n) is 1.76. The molecule has 0 amide bonds. The molecule has 0 atom stereocenters. The molecular weight excluding hydrogens is 240 g/mol. The van der Waals surface area contributed by atoms with Gasteiger partial charge in [0.15, 0.2) is 0 Å². The first-order valence-electron chi connectivity index (χ1n) is 6.15. The maximum Gasteiger partial charge on any atom is 0.338 e. The van der Waals surface area contributed by atoms with E-state index in [0.29, 0.717) is 17.9 Å². The van der Waals surface area contributed by atoms with Gasteiger partial charge in [-0.1, -0.05) is 18.7 Å². The molecule has 2 aromatic rings. The van der Waals surface area contributed by atoms with Crippen LogP contribution in [0.1, 0.15) is 13.8 Å². The molecular formula is C16H16O3. The van der Waals surface area contributed by atoms with E-state index in [1.165, 1.54) is 0 Å². The molecule has 0 aliphatic carbocycles. The lowest BCUT2D eigenvalue weighted by atomic mass is 10.1. The summed E-state index contributed by atoms with van der Waals surface area (Å²) >= 11 is 0. The normalized spacial score (nSPS) is 10.2. The zero-order valence-electron chi connectivity index (χ0n) is 11.1. The zero-order valence-corrected chi connectivity index (χ0v) is 11.1. The molecule has 0 N–H and O–H groups in total. The lowest BCUT2D eigenvalue weighted by Gasteiger charge is -2.09. The average molecular weight is 256 g/mol. The summed E-state index contributed by atoms with van der Waals surface area (Å²) in [5.74, 6) is 0.924. The number of carbonyl (C=O) groups excluding carboxylic acids is 1. The van der Waals surface area contributed by atoms with Crippen molar-refractivity contribution in [2.24, 2.45) is 0 Å². The highest BCUT2D eigenvalue weighted by Crippen LogP contribution is 2.29. The first-order valence-corrected chi connectivity index (χ1v) is 6.15. The summed E-state index contributed by atoms with van der Waals surface area (Å²) < 4.78 is 10.8. The first kappa shape index (κ1) is 13.1. The van der Waals surface area contributed by atoms with Gasteiger partial charge in [0.1, 0.15) is 11.5 Å². The van der Waals surface area contributed by atoms with Crippen LogP contribution >= 0.6 is 0 Å². The van der Waals surface area contributed by atoms with Gasteiger partial charge in [-0.15, -0.1) is 0 Å². The van der Waals surface area contributed by atoms with Crippen molar-refractivity contribution >= 4 is 16.7 Å². The molecule has 0 fully saturated rings. The number of carbonyl (C=O) groups is 1. The summed E-state index contributed by atoms with van der Waals surface area (Å²) in [7, 11) is 0. The topological polar surface area (TPSA) is 35.5 Å². The average Bonchev–Trinajstić information content (AvgIpc) is 2.39. The van der Waals surface area contributed by atoms with Crippen molar-refractivity contribution in [3.63, 3.8) is 0 Å². The van der Waals surface area contributed by atoms with Crippen molar-refractivity contribution in [1.29, 1.82) is 0 Å². The van der Waals surface area contributed by atoms with E-state index in [1.807, 2.05) is 37.3 Å². The molecule has 0 bridgehead atoms. The van der Waals surface area contributed by atoms with E-state index >= 15 is 0 Å². The lowest BCUT2D eigenvalue weighted by molar-refractivity contribution is -0.129. The van der Waals surface area contributed by atoms with Crippen LogP contribution in [-0.2, 0) is 4.79 Å². The Balaban J connectivity index is 2.40. The van der Waals surface area contributed by atoms with Crippen molar-refractivity contribution in [2.75, 3.05) is 6.61 Å². The molecule has 2 rings (SSSR count). The second-order valence-electron chi connectivity index (χ2n) is 4.24. The largest absolute Gasteiger partial charge is 0.494 e. The number of hydrogen-bond donors (Lipinski definition) is 0. The minimum Gasteiger partial charge on any atom is -0.494 e. The molecule has 0 aliphatic heterocycles. The quantitative estimate of drug-likeness (QED) is 0.475. The third-order valence-electron chi connectivity index (χ3n) is 2.67. The summed E-state index contributed by atoms with van der Waals surface area (Å²) in [5, 5.41) is 1.85. The summed E-state index contributed by atoms with van der Waals surface area (Å²) in [6, 6.07) is 11.3. The molecule has 0 unspecified atom stereocenters. The van der Waals surface area contributed by atoms with Gasteiger partial charge in [-0.3, -0.25) is 0 Å². The molecule has 3 heteroatoms. The Hall–Kier alpha value is -2.29. The maximum absolute atomic E-state index is 11.6. The van der Waals surface area contributed by atoms with Crippen LogP contribution < -0.4 is 9.47 Å². The summed E-state index contributed by atoms with van der Waals surface area (Å²) in [6.07, 6.45) is 0. The van der Waals surface area contributed by atoms with E-state index in [4.69, 9.17) is 9.47 Å². The molecule has 0 heterocycles. The van der Waals surface area contributed by atoms with Gasteiger partial charge < -0.3 is 9.47 Å². The number of fused-ring (bicyclic) bond motifs is 1. The van der Waals surface area contributed by atoms with Gasteiger partial charge in [0.25, 0.3) is 0 Å². The monoisotopic (exact) mass is 256 g/mol. The molecule has 98 valence electrons. The number of hydrogen-bond acceptors (Lipinski definition) is 3. The highest BCUT2D eigenvalue weighted by molar-refractivity contribution is 5.94. The zero-order chi connectivity index (χ0) is 13.8. The van der Waals surface area contributed by atoms with Crippen LogP contribution in [0.4, 0.5) is 0 Å². The fraction of sp³-hybridized carbons (Fsp3) is 0.188. The molecule has 19 heavy (non-hydrogen) atoms. The van der Waals surface area contributed by atoms with Crippen LogP contribution in [0.2, 0.25) is 0 Å². The van der Waals surface area contributed by atoms with E-state index in [2.05, 4.69) is 6.58 Å². The van der Waals surface area contributed by atoms with E-state index in [0.717, 1.165) is 16.5 Å². The van der Waals surface area contributed by atoms with Gasteiger partial charge in [-0.05, 0) is 43.5 Å². The Kier molecular flexibility index (Phi) is 3.85. The smallest absolute Gasteiger partial charge is 0.338 e. The predicted molar refractivity (Wildman–Crippen MR) is 75.6 cm³/mol. The van der Waals surface area contributed by atoms with E-state index in [9.17, 15) is 4.79 Å². The maximum atomic E-state index is 11.6. The minimum atomic E-state index is -0.415. The molecule has 0 saturated heterocycles. The highest BCUT2D eigenvalue weighted by Gasteiger charge is 2.09. The van der Waals surface area contributed by atoms with Crippen molar-refractivity contribution in [2.45, 2.75) is 13.8 Å². The van der Waals surface area contributed by atoms with Crippen LogP contribution in [0.5, 0.6) is 11.5 Å². The Bertz CT molecular complexity index is 629. The van der Waals surface area contributed by atoms with Crippen molar-refractivity contribution in [1.82, 2.24) is 0 Å². The van der Waals surface area contributed by atoms with E-state index in [1.54, 1.807) is 13.0 Å². The van der Waals surface area contributed by atoms with E-state index < -0.39 is 5.97 Å². The molecule has 2 aromatic carbocycles. The van der Waals surface area contributed by atoms with Crippen molar-refractivity contribution in [3.8, 4) is 11.5 Å². The van der Waals surface area contributed by atoms with Gasteiger partial charge in [0.2, 0.25) is 0 Å². The Labute approximate surface area is 112 Å². The summed E-state index contributed by atoms with van der Waals surface area (Å²) in [5.41, 5.74) is 0.378. The third kappa shape index (κ3) is 2.94. The fourth-order valence-corrected chi connectivity index (χ4v) is 1.76. The Morgan fingerprint density at radius 1 is 1.26 bits per heavy atom. The highest BCUT2D eigenvalue weighted by atomic mass is 16.5. The SMILES string of the molecule is C=C(C)C(=O)Oc1cccc2cc(OCC)ccc12. The second kappa shape index (κ2) is 5.57. The van der Waals surface area contributed by atoms with Crippen LogP contribution in [0, 0.1) is 0 Å². The molecule has 0 aliphatic rings. The van der Waals surface area contributed by atoms with Crippen LogP contribution in [0.15, 0.2) is 48.6 Å². The van der Waals surface area contributed by atoms with E-state index in [-0.39, 0.29) is 0 Å². The minimum absolute atomic E-state index is 0.378. The Morgan fingerprint density at radius 3 is 2.74 bits per heavy atom. The molecule has 0 saturated carbocycles. The van der Waals surface area contributed by atoms with Gasteiger partial charge in [-0.2, -0.15) is 0 Å².